The van der Waals surface area contributed by atoms with E-state index in [1.54, 1.807) is 30.3 Å². The first kappa shape index (κ1) is 16.3. The summed E-state index contributed by atoms with van der Waals surface area (Å²) < 4.78 is 0. The number of nitrogens with zero attached hydrogens (tertiary/aromatic N) is 2. The molecule has 0 saturated heterocycles. The maximum Gasteiger partial charge on any atom is 0.258 e. The van der Waals surface area contributed by atoms with Gasteiger partial charge in [0.05, 0.1) is 5.56 Å². The van der Waals surface area contributed by atoms with E-state index >= 15 is 0 Å². The van der Waals surface area contributed by atoms with Gasteiger partial charge in [-0.2, -0.15) is 0 Å². The van der Waals surface area contributed by atoms with Crippen molar-refractivity contribution in [3.63, 3.8) is 0 Å². The van der Waals surface area contributed by atoms with Crippen LogP contribution in [0, 0.1) is 0 Å². The molecule has 1 heterocycles. The standard InChI is InChI=1S/C19H16N4O2/c1-13(24)14-6-5-9-17(10-14)23-19-20-11-15(12-21-19)18(25)22-16-7-3-2-4-8-16/h2-12H,1H3,(H,22,25)(H,20,21,23). The van der Waals surface area contributed by atoms with Crippen molar-refractivity contribution in [3.8, 4) is 0 Å². The number of amides is 1. The number of carbonyl (C=O) groups is 2. The summed E-state index contributed by atoms with van der Waals surface area (Å²) in [7, 11) is 0. The Morgan fingerprint density at radius 2 is 1.52 bits per heavy atom. The topological polar surface area (TPSA) is 84.0 Å². The van der Waals surface area contributed by atoms with Crippen LogP contribution in [0.3, 0.4) is 0 Å². The molecule has 0 aliphatic heterocycles. The van der Waals surface area contributed by atoms with E-state index in [-0.39, 0.29) is 11.7 Å². The third kappa shape index (κ3) is 4.26. The molecule has 124 valence electrons. The average Bonchev–Trinajstić information content (AvgIpc) is 2.63. The zero-order valence-electron chi connectivity index (χ0n) is 13.6. The Morgan fingerprint density at radius 1 is 0.840 bits per heavy atom. The van der Waals surface area contributed by atoms with E-state index in [4.69, 9.17) is 0 Å². The maximum absolute atomic E-state index is 12.2. The van der Waals surface area contributed by atoms with Crippen molar-refractivity contribution in [3.05, 3.63) is 78.1 Å². The zero-order chi connectivity index (χ0) is 17.6. The number of ketones is 1. The number of benzene rings is 2. The van der Waals surface area contributed by atoms with Crippen LogP contribution in [0.25, 0.3) is 0 Å². The lowest BCUT2D eigenvalue weighted by Gasteiger charge is -2.07. The Labute approximate surface area is 145 Å². The number of hydrogen-bond donors (Lipinski definition) is 2. The van der Waals surface area contributed by atoms with Crippen molar-refractivity contribution < 1.29 is 9.59 Å². The Morgan fingerprint density at radius 3 is 2.20 bits per heavy atom. The van der Waals surface area contributed by atoms with E-state index in [1.807, 2.05) is 24.3 Å². The van der Waals surface area contributed by atoms with Crippen molar-refractivity contribution >= 4 is 29.0 Å². The van der Waals surface area contributed by atoms with Crippen LogP contribution in [0.2, 0.25) is 0 Å². The normalized spacial score (nSPS) is 10.1. The highest BCUT2D eigenvalue weighted by molar-refractivity contribution is 6.03. The van der Waals surface area contributed by atoms with Gasteiger partial charge in [-0.3, -0.25) is 9.59 Å². The van der Waals surface area contributed by atoms with E-state index in [0.29, 0.717) is 28.5 Å². The van der Waals surface area contributed by atoms with Gasteiger partial charge in [0.15, 0.2) is 5.78 Å². The Hall–Kier alpha value is -3.54. The molecule has 0 fully saturated rings. The molecule has 0 radical (unpaired) electrons. The van der Waals surface area contributed by atoms with Crippen molar-refractivity contribution in [2.45, 2.75) is 6.92 Å². The molecule has 1 aromatic heterocycles. The molecule has 0 saturated carbocycles. The molecule has 25 heavy (non-hydrogen) atoms. The van der Waals surface area contributed by atoms with Crippen LogP contribution in [0.15, 0.2) is 67.0 Å². The highest BCUT2D eigenvalue weighted by atomic mass is 16.1. The molecule has 2 aromatic carbocycles. The van der Waals surface area contributed by atoms with Crippen LogP contribution in [-0.2, 0) is 0 Å². The van der Waals surface area contributed by atoms with Crippen LogP contribution in [0.4, 0.5) is 17.3 Å². The quantitative estimate of drug-likeness (QED) is 0.696. The first-order chi connectivity index (χ1) is 12.1. The molecular formula is C19H16N4O2. The fourth-order valence-electron chi connectivity index (χ4n) is 2.18. The summed E-state index contributed by atoms with van der Waals surface area (Å²) in [5.41, 5.74) is 2.36. The molecule has 3 rings (SSSR count). The molecule has 0 aliphatic rings. The number of nitrogens with one attached hydrogen (secondary N) is 2. The Kier molecular flexibility index (Phi) is 4.80. The first-order valence-corrected chi connectivity index (χ1v) is 7.68. The molecule has 0 aliphatic carbocycles. The fourth-order valence-corrected chi connectivity index (χ4v) is 2.18. The van der Waals surface area contributed by atoms with Crippen LogP contribution in [0.1, 0.15) is 27.6 Å². The third-order valence-electron chi connectivity index (χ3n) is 3.47. The van der Waals surface area contributed by atoms with Crippen LogP contribution in [-0.4, -0.2) is 21.7 Å². The summed E-state index contributed by atoms with van der Waals surface area (Å²) in [5, 5.41) is 5.78. The monoisotopic (exact) mass is 332 g/mol. The number of anilines is 3. The minimum Gasteiger partial charge on any atom is -0.324 e. The lowest BCUT2D eigenvalue weighted by Crippen LogP contribution is -2.13. The van der Waals surface area contributed by atoms with Gasteiger partial charge in [0.2, 0.25) is 5.95 Å². The smallest absolute Gasteiger partial charge is 0.258 e. The summed E-state index contributed by atoms with van der Waals surface area (Å²) in [6.07, 6.45) is 2.89. The fraction of sp³-hybridized carbons (Fsp3) is 0.0526. The minimum atomic E-state index is -0.281. The maximum atomic E-state index is 12.2. The summed E-state index contributed by atoms with van der Waals surface area (Å²) in [5.74, 6) is 0.0470. The zero-order valence-corrected chi connectivity index (χ0v) is 13.6. The molecular weight excluding hydrogens is 316 g/mol. The number of hydrogen-bond acceptors (Lipinski definition) is 5. The molecule has 0 atom stereocenters. The number of aromatic nitrogens is 2. The predicted octanol–water partition coefficient (Wildman–Crippen LogP) is 3.68. The number of carbonyl (C=O) groups excluding carboxylic acids is 2. The van der Waals surface area contributed by atoms with Gasteiger partial charge in [-0.15, -0.1) is 0 Å². The highest BCUT2D eigenvalue weighted by Crippen LogP contribution is 2.15. The molecule has 1 amide bonds. The summed E-state index contributed by atoms with van der Waals surface area (Å²) in [4.78, 5) is 31.9. The second-order valence-electron chi connectivity index (χ2n) is 5.38. The van der Waals surface area contributed by atoms with Crippen molar-refractivity contribution in [2.24, 2.45) is 0 Å². The van der Waals surface area contributed by atoms with Crippen molar-refractivity contribution in [2.75, 3.05) is 10.6 Å². The largest absolute Gasteiger partial charge is 0.324 e. The molecule has 0 unspecified atom stereocenters. The van der Waals surface area contributed by atoms with Gasteiger partial charge in [-0.1, -0.05) is 30.3 Å². The number of rotatable bonds is 5. The van der Waals surface area contributed by atoms with Crippen LogP contribution >= 0.6 is 0 Å². The van der Waals surface area contributed by atoms with E-state index in [0.717, 1.165) is 0 Å². The third-order valence-corrected chi connectivity index (χ3v) is 3.47. The molecule has 2 N–H and O–H groups in total. The van der Waals surface area contributed by atoms with Gasteiger partial charge >= 0.3 is 0 Å². The first-order valence-electron chi connectivity index (χ1n) is 7.68. The van der Waals surface area contributed by atoms with Gasteiger partial charge in [-0.25, -0.2) is 9.97 Å². The molecule has 6 nitrogen and oxygen atoms in total. The molecule has 0 spiro atoms. The molecule has 6 heteroatoms. The van der Waals surface area contributed by atoms with E-state index in [1.165, 1.54) is 19.3 Å². The highest BCUT2D eigenvalue weighted by Gasteiger charge is 2.08. The van der Waals surface area contributed by atoms with E-state index in [2.05, 4.69) is 20.6 Å². The average molecular weight is 332 g/mol. The van der Waals surface area contributed by atoms with Gasteiger partial charge in [0.1, 0.15) is 0 Å². The van der Waals surface area contributed by atoms with E-state index in [9.17, 15) is 9.59 Å². The summed E-state index contributed by atoms with van der Waals surface area (Å²) in [6.45, 7) is 1.51. The van der Waals surface area contributed by atoms with E-state index < -0.39 is 0 Å². The van der Waals surface area contributed by atoms with Gasteiger partial charge in [0, 0.05) is 29.3 Å². The lowest BCUT2D eigenvalue weighted by molar-refractivity contribution is 0.101. The van der Waals surface area contributed by atoms with Crippen LogP contribution < -0.4 is 10.6 Å². The van der Waals surface area contributed by atoms with Gasteiger partial charge in [0.25, 0.3) is 5.91 Å². The van der Waals surface area contributed by atoms with Crippen molar-refractivity contribution in [1.29, 1.82) is 0 Å². The number of para-hydroxylation sites is 1. The summed E-state index contributed by atoms with van der Waals surface area (Å²) >= 11 is 0. The Bertz CT molecular complexity index is 893. The molecule has 0 bridgehead atoms. The Balaban J connectivity index is 1.69. The lowest BCUT2D eigenvalue weighted by atomic mass is 10.1. The number of Topliss-reactive ketones (excluding diaryl/α,β-unsaturated/α-hetero) is 1. The predicted molar refractivity (Wildman–Crippen MR) is 96.2 cm³/mol. The second kappa shape index (κ2) is 7.35. The van der Waals surface area contributed by atoms with Crippen LogP contribution in [0.5, 0.6) is 0 Å². The van der Waals surface area contributed by atoms with Gasteiger partial charge < -0.3 is 10.6 Å². The SMILES string of the molecule is CC(=O)c1cccc(Nc2ncc(C(=O)Nc3ccccc3)cn2)c1. The minimum absolute atomic E-state index is 0.0162. The molecule has 3 aromatic rings. The second-order valence-corrected chi connectivity index (χ2v) is 5.38. The summed E-state index contributed by atoms with van der Waals surface area (Å²) in [6, 6.07) is 16.2. The van der Waals surface area contributed by atoms with Gasteiger partial charge in [-0.05, 0) is 31.2 Å². The van der Waals surface area contributed by atoms with Crippen molar-refractivity contribution in [1.82, 2.24) is 9.97 Å².